The molecule has 0 saturated heterocycles. The van der Waals surface area contributed by atoms with E-state index in [4.69, 9.17) is 21.1 Å². The molecule has 194 valence electrons. The summed E-state index contributed by atoms with van der Waals surface area (Å²) < 4.78 is 55.7. The van der Waals surface area contributed by atoms with Crippen LogP contribution in [0.1, 0.15) is 43.8 Å². The molecule has 0 unspecified atom stereocenters. The summed E-state index contributed by atoms with van der Waals surface area (Å²) in [7, 11) is 2.95. The highest BCUT2D eigenvalue weighted by atomic mass is 16.5. The Morgan fingerprint density at radius 1 is 1.14 bits per heavy atom. The Bertz CT molecular complexity index is 1310. The van der Waals surface area contributed by atoms with Gasteiger partial charge in [0.15, 0.2) is 11.5 Å². The summed E-state index contributed by atoms with van der Waals surface area (Å²) in [5.74, 6) is -1.55. The van der Waals surface area contributed by atoms with E-state index in [-0.39, 0.29) is 50.1 Å². The zero-order valence-corrected chi connectivity index (χ0v) is 20.8. The lowest BCUT2D eigenvalue weighted by Crippen LogP contribution is -2.56. The highest BCUT2D eigenvalue weighted by Crippen LogP contribution is 2.35. The van der Waals surface area contributed by atoms with Gasteiger partial charge in [0.25, 0.3) is 0 Å². The summed E-state index contributed by atoms with van der Waals surface area (Å²) in [6.07, 6.45) is -0.0591. The van der Waals surface area contributed by atoms with Gasteiger partial charge in [0.2, 0.25) is 5.91 Å². The summed E-state index contributed by atoms with van der Waals surface area (Å²) in [6.45, 7) is 3.17. The summed E-state index contributed by atoms with van der Waals surface area (Å²) in [5.41, 5.74) is 1.44. The summed E-state index contributed by atoms with van der Waals surface area (Å²) in [4.78, 5) is 39.8. The molecule has 1 aliphatic rings. The van der Waals surface area contributed by atoms with Crippen molar-refractivity contribution >= 4 is 17.8 Å². The molecular weight excluding hydrogens is 464 g/mol. The van der Waals surface area contributed by atoms with Crippen molar-refractivity contribution in [2.45, 2.75) is 57.8 Å². The van der Waals surface area contributed by atoms with Gasteiger partial charge in [0, 0.05) is 13.0 Å². The summed E-state index contributed by atoms with van der Waals surface area (Å²) in [6, 6.07) is -2.08. The van der Waals surface area contributed by atoms with Crippen LogP contribution < -0.4 is 14.8 Å². The van der Waals surface area contributed by atoms with Gasteiger partial charge in [-0.2, -0.15) is 0 Å². The van der Waals surface area contributed by atoms with Gasteiger partial charge in [-0.05, 0) is 55.5 Å². The van der Waals surface area contributed by atoms with Crippen LogP contribution in [0.5, 0.6) is 11.5 Å². The monoisotopic (exact) mass is 503 g/mol. The predicted molar refractivity (Wildman–Crippen MR) is 133 cm³/mol. The third-order valence-corrected chi connectivity index (χ3v) is 6.03. The second-order valence-corrected chi connectivity index (χ2v) is 8.34. The number of carbonyl (C=O) groups excluding carboxylic acids is 2. The van der Waals surface area contributed by atoms with Crippen LogP contribution >= 0.6 is 0 Å². The van der Waals surface area contributed by atoms with Crippen molar-refractivity contribution in [3.8, 4) is 11.5 Å². The average molecular weight is 504 g/mol. The molecule has 1 amide bonds. The molecule has 9 heteroatoms. The number of hydrogen-bond acceptors (Lipinski definition) is 7. The van der Waals surface area contributed by atoms with Crippen LogP contribution in [0.25, 0.3) is 0 Å². The van der Waals surface area contributed by atoms with Gasteiger partial charge < -0.3 is 24.2 Å². The van der Waals surface area contributed by atoms with Crippen molar-refractivity contribution in [3.05, 3.63) is 59.0 Å². The number of carboxylic acid groups (broad SMARTS) is 1. The Balaban J connectivity index is 1.85. The molecule has 0 bridgehead atoms. The normalized spacial score (nSPS) is 18.4. The van der Waals surface area contributed by atoms with E-state index < -0.39 is 54.1 Å². The molecule has 0 spiro atoms. The fourth-order valence-electron chi connectivity index (χ4n) is 4.19. The third kappa shape index (κ3) is 6.34. The number of esters is 1. The Kier molecular flexibility index (Phi) is 7.09. The molecule has 2 aromatic rings. The minimum absolute atomic E-state index is 0.00991. The van der Waals surface area contributed by atoms with Crippen molar-refractivity contribution in [1.29, 1.82) is 0 Å². The molecule has 3 rings (SSSR count). The first-order valence-corrected chi connectivity index (χ1v) is 11.6. The topological polar surface area (TPSA) is 114 Å². The molecule has 1 aliphatic heterocycles. The number of fused-ring (bicyclic) bond motifs is 1. The zero-order chi connectivity index (χ0) is 30.6. The first-order chi connectivity index (χ1) is 19.4. The van der Waals surface area contributed by atoms with E-state index >= 15 is 0 Å². The molecule has 0 radical (unpaired) electrons. The van der Waals surface area contributed by atoms with Crippen molar-refractivity contribution < 1.29 is 40.6 Å². The second-order valence-electron chi connectivity index (χ2n) is 8.34. The number of hydrogen-bond donors (Lipinski definition) is 2. The van der Waals surface area contributed by atoms with E-state index in [0.29, 0.717) is 22.6 Å². The third-order valence-electron chi connectivity index (χ3n) is 6.03. The Hall–Kier alpha value is -3.59. The molecule has 2 N–H and O–H groups in total. The van der Waals surface area contributed by atoms with Crippen LogP contribution in [0.3, 0.4) is 0 Å². The van der Waals surface area contributed by atoms with Gasteiger partial charge in [-0.15, -0.1) is 0 Å². The molecule has 3 atom stereocenters. The summed E-state index contributed by atoms with van der Waals surface area (Å²) >= 11 is 0. The SMILES string of the molecule is [2H]c1c([2H])c([2H])c(CC[C@@H](N[C@H](C)C(=O)N2Cc3cc(OC)c(OC)cc3C[C@@H]2C(=O)O)C(=O)OCC)c([2H])c1[2H]. The molecule has 0 aromatic heterocycles. The van der Waals surface area contributed by atoms with Crippen LogP contribution in [0, 0.1) is 0 Å². The highest BCUT2D eigenvalue weighted by molar-refractivity contribution is 5.88. The van der Waals surface area contributed by atoms with Crippen molar-refractivity contribution in [3.63, 3.8) is 0 Å². The van der Waals surface area contributed by atoms with Gasteiger partial charge in [0.1, 0.15) is 12.1 Å². The van der Waals surface area contributed by atoms with Crippen molar-refractivity contribution in [1.82, 2.24) is 10.2 Å². The van der Waals surface area contributed by atoms with Gasteiger partial charge in [-0.25, -0.2) is 4.79 Å². The van der Waals surface area contributed by atoms with Crippen LogP contribution in [-0.4, -0.2) is 66.8 Å². The van der Waals surface area contributed by atoms with Crippen molar-refractivity contribution in [2.75, 3.05) is 20.8 Å². The molecule has 2 aromatic carbocycles. The number of nitrogens with one attached hydrogen (secondary N) is 1. The number of carbonyl (C=O) groups is 3. The zero-order valence-electron chi connectivity index (χ0n) is 25.8. The van der Waals surface area contributed by atoms with Crippen LogP contribution in [-0.2, 0) is 38.5 Å². The number of aliphatic carboxylic acids is 1. The van der Waals surface area contributed by atoms with Crippen LogP contribution in [0.4, 0.5) is 0 Å². The molecular formula is C27H34N2O7. The Labute approximate surface area is 218 Å². The molecule has 1 heterocycles. The lowest BCUT2D eigenvalue weighted by atomic mass is 9.92. The van der Waals surface area contributed by atoms with E-state index in [0.717, 1.165) is 0 Å². The van der Waals surface area contributed by atoms with E-state index in [1.54, 1.807) is 19.1 Å². The maximum atomic E-state index is 13.6. The molecule has 9 nitrogen and oxygen atoms in total. The van der Waals surface area contributed by atoms with Crippen LogP contribution in [0.2, 0.25) is 0 Å². The Morgan fingerprint density at radius 2 is 1.78 bits per heavy atom. The lowest BCUT2D eigenvalue weighted by molar-refractivity contribution is -0.153. The standard InChI is InChI=1S/C27H34N2O7/c1-5-36-27(33)21(12-11-18-9-7-6-8-10-18)28-17(2)25(30)29-16-20-15-24(35-4)23(34-3)14-19(20)13-22(29)26(31)32/h6-10,14-15,17,21-22,28H,5,11-13,16H2,1-4H3,(H,31,32)/t17-,21-,22-/m1/s1/i6D,7D,8D,9D,10D. The number of carboxylic acids is 1. The number of benzene rings is 2. The van der Waals surface area contributed by atoms with Gasteiger partial charge in [-0.1, -0.05) is 30.2 Å². The maximum absolute atomic E-state index is 13.6. The highest BCUT2D eigenvalue weighted by Gasteiger charge is 2.38. The van der Waals surface area contributed by atoms with E-state index in [1.165, 1.54) is 26.0 Å². The molecule has 0 fully saturated rings. The quantitative estimate of drug-likeness (QED) is 0.450. The fraction of sp³-hybridized carbons (Fsp3) is 0.444. The molecule has 36 heavy (non-hydrogen) atoms. The smallest absolute Gasteiger partial charge is 0.326 e. The van der Waals surface area contributed by atoms with Gasteiger partial charge >= 0.3 is 11.9 Å². The van der Waals surface area contributed by atoms with Gasteiger partial charge in [-0.3, -0.25) is 14.9 Å². The minimum Gasteiger partial charge on any atom is -0.493 e. The largest absolute Gasteiger partial charge is 0.493 e. The minimum atomic E-state index is -1.19. The number of nitrogens with zero attached hydrogens (tertiary/aromatic N) is 1. The van der Waals surface area contributed by atoms with E-state index in [2.05, 4.69) is 5.32 Å². The van der Waals surface area contributed by atoms with Crippen molar-refractivity contribution in [2.24, 2.45) is 0 Å². The second kappa shape index (κ2) is 12.4. The fourth-order valence-corrected chi connectivity index (χ4v) is 4.19. The maximum Gasteiger partial charge on any atom is 0.326 e. The number of ether oxygens (including phenoxy) is 3. The first-order valence-electron chi connectivity index (χ1n) is 14.1. The average Bonchev–Trinajstić information content (AvgIpc) is 2.96. The van der Waals surface area contributed by atoms with Gasteiger partial charge in [0.05, 0.1) is 33.7 Å². The van der Waals surface area contributed by atoms with Crippen LogP contribution in [0.15, 0.2) is 42.3 Å². The van der Waals surface area contributed by atoms with E-state index in [1.807, 2.05) is 0 Å². The number of methoxy groups -OCH3 is 2. The first kappa shape index (κ1) is 20.6. The molecule has 0 saturated carbocycles. The molecule has 0 aliphatic carbocycles. The number of amides is 1. The number of rotatable bonds is 11. The van der Waals surface area contributed by atoms with E-state index in [9.17, 15) is 19.5 Å². The summed E-state index contributed by atoms with van der Waals surface area (Å²) in [5, 5.41) is 12.9. The predicted octanol–water partition coefficient (Wildman–Crippen LogP) is 2.58. The lowest BCUT2D eigenvalue weighted by Gasteiger charge is -2.37. The Morgan fingerprint density at radius 3 is 2.36 bits per heavy atom.